The van der Waals surface area contributed by atoms with E-state index in [0.717, 1.165) is 5.56 Å². The third kappa shape index (κ3) is 4.75. The summed E-state index contributed by atoms with van der Waals surface area (Å²) in [5, 5.41) is 6.35. The van der Waals surface area contributed by atoms with Crippen LogP contribution >= 0.6 is 0 Å². The predicted molar refractivity (Wildman–Crippen MR) is 121 cm³/mol. The zero-order valence-corrected chi connectivity index (χ0v) is 17.1. The molecule has 6 heteroatoms. The Bertz CT molecular complexity index is 1200. The summed E-state index contributed by atoms with van der Waals surface area (Å²) in [6.45, 7) is 0. The van der Waals surface area contributed by atoms with Crippen LogP contribution in [-0.4, -0.2) is 18.9 Å². The first-order valence-corrected chi connectivity index (χ1v) is 9.95. The lowest BCUT2D eigenvalue weighted by Crippen LogP contribution is -2.17. The molecule has 2 N–H and O–H groups in total. The summed E-state index contributed by atoms with van der Waals surface area (Å²) in [5.74, 6) is 0.117. The van der Waals surface area contributed by atoms with E-state index in [-0.39, 0.29) is 11.7 Å². The summed E-state index contributed by atoms with van der Waals surface area (Å²) in [4.78, 5) is 25.6. The Balaban J connectivity index is 1.54. The van der Waals surface area contributed by atoms with Crippen LogP contribution in [0.4, 0.5) is 11.4 Å². The molecule has 4 rings (SSSR count). The number of amides is 2. The summed E-state index contributed by atoms with van der Waals surface area (Å²) in [5.41, 5.74) is 2.57. The summed E-state index contributed by atoms with van der Waals surface area (Å²) < 4.78 is 10.9. The first-order valence-electron chi connectivity index (χ1n) is 9.95. The van der Waals surface area contributed by atoms with Gasteiger partial charge in [-0.05, 0) is 48.4 Å². The molecule has 1 heterocycles. The monoisotopic (exact) mass is 414 g/mol. The summed E-state index contributed by atoms with van der Waals surface area (Å²) in [6, 6.07) is 24.0. The van der Waals surface area contributed by atoms with Crippen LogP contribution in [-0.2, 0) is 11.2 Å². The Kier molecular flexibility index (Phi) is 5.98. The van der Waals surface area contributed by atoms with Gasteiger partial charge in [0.25, 0.3) is 5.91 Å². The number of carbonyl (C=O) groups is 2. The van der Waals surface area contributed by atoms with Crippen molar-refractivity contribution in [3.63, 3.8) is 0 Å². The summed E-state index contributed by atoms with van der Waals surface area (Å²) >= 11 is 0. The van der Waals surface area contributed by atoms with Gasteiger partial charge in [-0.25, -0.2) is 0 Å². The molecule has 0 radical (unpaired) electrons. The van der Waals surface area contributed by atoms with Gasteiger partial charge in [0.05, 0.1) is 7.11 Å². The fourth-order valence-electron chi connectivity index (χ4n) is 3.30. The van der Waals surface area contributed by atoms with Crippen molar-refractivity contribution in [1.82, 2.24) is 0 Å². The smallest absolute Gasteiger partial charge is 0.293 e. The molecule has 0 unspecified atom stereocenters. The van der Waals surface area contributed by atoms with Gasteiger partial charge in [0, 0.05) is 17.5 Å². The Morgan fingerprint density at radius 2 is 1.58 bits per heavy atom. The zero-order chi connectivity index (χ0) is 21.6. The molecule has 3 aromatic carbocycles. The molecule has 156 valence electrons. The van der Waals surface area contributed by atoms with Gasteiger partial charge in [-0.2, -0.15) is 0 Å². The van der Waals surface area contributed by atoms with Crippen molar-refractivity contribution >= 4 is 34.2 Å². The number of rotatable bonds is 7. The van der Waals surface area contributed by atoms with Crippen molar-refractivity contribution in [3.8, 4) is 5.75 Å². The topological polar surface area (TPSA) is 80.6 Å². The number of benzene rings is 3. The molecule has 31 heavy (non-hydrogen) atoms. The lowest BCUT2D eigenvalue weighted by atomic mass is 10.1. The molecule has 0 spiro atoms. The number of aryl methyl sites for hydroxylation is 1. The summed E-state index contributed by atoms with van der Waals surface area (Å²) in [6.07, 6.45) is 0.902. The van der Waals surface area contributed by atoms with Crippen molar-refractivity contribution in [2.24, 2.45) is 0 Å². The van der Waals surface area contributed by atoms with Gasteiger partial charge >= 0.3 is 0 Å². The van der Waals surface area contributed by atoms with Gasteiger partial charge in [0.15, 0.2) is 0 Å². The van der Waals surface area contributed by atoms with Crippen LogP contribution < -0.4 is 15.4 Å². The highest BCUT2D eigenvalue weighted by Crippen LogP contribution is 2.32. The van der Waals surface area contributed by atoms with Gasteiger partial charge in [-0.1, -0.05) is 42.5 Å². The number of fused-ring (bicyclic) bond motifs is 1. The second-order valence-corrected chi connectivity index (χ2v) is 7.02. The quantitative estimate of drug-likeness (QED) is 0.432. The van der Waals surface area contributed by atoms with Crippen molar-refractivity contribution in [1.29, 1.82) is 0 Å². The molecule has 6 nitrogen and oxygen atoms in total. The first kappa shape index (κ1) is 20.2. The van der Waals surface area contributed by atoms with Gasteiger partial charge in [-0.15, -0.1) is 0 Å². The molecule has 0 saturated carbocycles. The average molecular weight is 414 g/mol. The van der Waals surface area contributed by atoms with Crippen LogP contribution in [0.2, 0.25) is 0 Å². The molecule has 0 aliphatic heterocycles. The number of carbonyl (C=O) groups excluding carboxylic acids is 2. The second-order valence-electron chi connectivity index (χ2n) is 7.02. The van der Waals surface area contributed by atoms with E-state index in [9.17, 15) is 9.59 Å². The Morgan fingerprint density at radius 1 is 0.871 bits per heavy atom. The molecule has 1 aromatic heterocycles. The van der Waals surface area contributed by atoms with Crippen LogP contribution in [0, 0.1) is 0 Å². The molecule has 0 aliphatic carbocycles. The van der Waals surface area contributed by atoms with E-state index in [1.165, 1.54) is 0 Å². The van der Waals surface area contributed by atoms with Gasteiger partial charge in [-0.3, -0.25) is 9.59 Å². The van der Waals surface area contributed by atoms with Crippen molar-refractivity contribution in [2.45, 2.75) is 12.8 Å². The molecule has 4 aromatic rings. The van der Waals surface area contributed by atoms with Crippen molar-refractivity contribution < 1.29 is 18.7 Å². The summed E-state index contributed by atoms with van der Waals surface area (Å²) in [7, 11) is 1.58. The van der Waals surface area contributed by atoms with E-state index in [1.807, 2.05) is 48.5 Å². The molecular weight excluding hydrogens is 392 g/mol. The lowest BCUT2D eigenvalue weighted by molar-refractivity contribution is -0.116. The van der Waals surface area contributed by atoms with E-state index >= 15 is 0 Å². The molecule has 0 saturated heterocycles. The second kappa shape index (κ2) is 9.17. The number of nitrogens with one attached hydrogen (secondary N) is 2. The molecule has 0 bridgehead atoms. The number of methoxy groups -OCH3 is 1. The number of para-hydroxylation sites is 1. The highest BCUT2D eigenvalue weighted by atomic mass is 16.5. The normalized spacial score (nSPS) is 10.6. The van der Waals surface area contributed by atoms with Crippen LogP contribution in [0.15, 0.2) is 83.3 Å². The van der Waals surface area contributed by atoms with Gasteiger partial charge < -0.3 is 19.8 Å². The minimum atomic E-state index is -0.445. The maximum atomic E-state index is 12.9. The fraction of sp³-hybridized carbons (Fsp3) is 0.120. The van der Waals surface area contributed by atoms with E-state index in [2.05, 4.69) is 10.6 Å². The Hall–Kier alpha value is -4.06. The standard InChI is InChI=1S/C25H22N2O4/c1-30-19-14-12-18(13-15-19)26-25(29)24-23(20-9-5-6-10-21(20)31-24)27-22(28)16-11-17-7-3-2-4-8-17/h2-10,12-15H,11,16H2,1H3,(H,26,29)(H,27,28). The minimum absolute atomic E-state index is 0.0603. The maximum Gasteiger partial charge on any atom is 0.293 e. The largest absolute Gasteiger partial charge is 0.497 e. The SMILES string of the molecule is COc1ccc(NC(=O)c2oc3ccccc3c2NC(=O)CCc2ccccc2)cc1. The third-order valence-electron chi connectivity index (χ3n) is 4.90. The van der Waals surface area contributed by atoms with Gasteiger partial charge in [0.1, 0.15) is 17.0 Å². The van der Waals surface area contributed by atoms with Crippen LogP contribution in [0.25, 0.3) is 11.0 Å². The minimum Gasteiger partial charge on any atom is -0.497 e. The molecular formula is C25H22N2O4. The highest BCUT2D eigenvalue weighted by Gasteiger charge is 2.22. The maximum absolute atomic E-state index is 12.9. The number of hydrogen-bond acceptors (Lipinski definition) is 4. The molecule has 0 atom stereocenters. The average Bonchev–Trinajstić information content (AvgIpc) is 3.17. The Morgan fingerprint density at radius 3 is 2.32 bits per heavy atom. The van der Waals surface area contributed by atoms with Crippen LogP contribution in [0.5, 0.6) is 5.75 Å². The number of furan rings is 1. The van der Waals surface area contributed by atoms with E-state index < -0.39 is 5.91 Å². The van der Waals surface area contributed by atoms with Crippen LogP contribution in [0.3, 0.4) is 0 Å². The first-order chi connectivity index (χ1) is 15.1. The predicted octanol–water partition coefficient (Wildman–Crippen LogP) is 5.27. The highest BCUT2D eigenvalue weighted by molar-refractivity contribution is 6.14. The van der Waals surface area contributed by atoms with E-state index in [4.69, 9.17) is 9.15 Å². The molecule has 0 fully saturated rings. The lowest BCUT2D eigenvalue weighted by Gasteiger charge is -2.08. The fourth-order valence-corrected chi connectivity index (χ4v) is 3.30. The zero-order valence-electron chi connectivity index (χ0n) is 17.1. The van der Waals surface area contributed by atoms with Crippen molar-refractivity contribution in [2.75, 3.05) is 17.7 Å². The number of hydrogen-bond donors (Lipinski definition) is 2. The number of anilines is 2. The number of ether oxygens (including phenoxy) is 1. The molecule has 2 amide bonds. The van der Waals surface area contributed by atoms with Gasteiger partial charge in [0.2, 0.25) is 11.7 Å². The van der Waals surface area contributed by atoms with E-state index in [0.29, 0.717) is 40.9 Å². The Labute approximate surface area is 179 Å². The van der Waals surface area contributed by atoms with Crippen molar-refractivity contribution in [3.05, 3.63) is 90.2 Å². The molecule has 0 aliphatic rings. The van der Waals surface area contributed by atoms with E-state index in [1.54, 1.807) is 37.4 Å². The van der Waals surface area contributed by atoms with Crippen LogP contribution in [0.1, 0.15) is 22.5 Å². The third-order valence-corrected chi connectivity index (χ3v) is 4.90.